The molecule has 8 nitrogen and oxygen atoms in total. The summed E-state index contributed by atoms with van der Waals surface area (Å²) in [6.07, 6.45) is 2.55. The first-order valence-electron chi connectivity index (χ1n) is 6.77. The van der Waals surface area contributed by atoms with Gasteiger partial charge in [-0.2, -0.15) is 0 Å². The Morgan fingerprint density at radius 2 is 2.22 bits per heavy atom. The molecule has 8 heteroatoms. The number of carbonyl (C=O) groups is 2. The molecule has 0 aliphatic rings. The number of aromatic nitrogens is 1. The first-order valence-corrected chi connectivity index (χ1v) is 6.77. The van der Waals surface area contributed by atoms with Crippen LogP contribution in [0, 0.1) is 10.1 Å². The molecule has 0 radical (unpaired) electrons. The lowest BCUT2D eigenvalue weighted by atomic mass is 10.2. The van der Waals surface area contributed by atoms with E-state index in [-0.39, 0.29) is 23.8 Å². The molecule has 0 bridgehead atoms. The molecule has 2 rings (SSSR count). The molecule has 23 heavy (non-hydrogen) atoms. The van der Waals surface area contributed by atoms with E-state index < -0.39 is 4.92 Å². The largest absolute Gasteiger partial charge is 0.490 e. The number of nitro benzene ring substituents is 1. The third kappa shape index (κ3) is 3.94. The van der Waals surface area contributed by atoms with Crippen LogP contribution in [-0.2, 0) is 11.3 Å². The van der Waals surface area contributed by atoms with Crippen LogP contribution in [0.3, 0.4) is 0 Å². The number of methoxy groups -OCH3 is 1. The van der Waals surface area contributed by atoms with Crippen LogP contribution in [0.25, 0.3) is 0 Å². The van der Waals surface area contributed by atoms with Crippen molar-refractivity contribution in [2.45, 2.75) is 13.0 Å². The summed E-state index contributed by atoms with van der Waals surface area (Å²) in [7, 11) is 1.34. The zero-order chi connectivity index (χ0) is 16.8. The number of nitrogens with zero attached hydrogens (tertiary/aromatic N) is 2. The Balaban J connectivity index is 2.01. The van der Waals surface area contributed by atoms with Gasteiger partial charge >= 0.3 is 5.69 Å². The standard InChI is InChI=1S/C15H15N3O5/c1-23-14-5-4-11(9-13(14)18(21)22)16-15(20)6-8-17-7-2-3-12(17)10-19/h2-5,7,9-10H,6,8H2,1H3,(H,16,20). The van der Waals surface area contributed by atoms with E-state index in [1.807, 2.05) is 0 Å². The highest BCUT2D eigenvalue weighted by atomic mass is 16.6. The lowest BCUT2D eigenvalue weighted by molar-refractivity contribution is -0.385. The summed E-state index contributed by atoms with van der Waals surface area (Å²) >= 11 is 0. The highest BCUT2D eigenvalue weighted by Crippen LogP contribution is 2.29. The number of hydrogen-bond acceptors (Lipinski definition) is 5. The molecule has 0 fully saturated rings. The van der Waals surface area contributed by atoms with Crippen LogP contribution in [0.4, 0.5) is 11.4 Å². The molecule has 0 unspecified atom stereocenters. The van der Waals surface area contributed by atoms with E-state index in [2.05, 4.69) is 5.32 Å². The van der Waals surface area contributed by atoms with E-state index in [0.29, 0.717) is 24.2 Å². The molecule has 0 saturated heterocycles. The van der Waals surface area contributed by atoms with Crippen molar-refractivity contribution in [2.75, 3.05) is 12.4 Å². The van der Waals surface area contributed by atoms with Crippen molar-refractivity contribution in [1.82, 2.24) is 4.57 Å². The van der Waals surface area contributed by atoms with E-state index in [1.165, 1.54) is 25.3 Å². The first-order chi connectivity index (χ1) is 11.0. The van der Waals surface area contributed by atoms with E-state index >= 15 is 0 Å². The van der Waals surface area contributed by atoms with Gasteiger partial charge in [0.15, 0.2) is 12.0 Å². The van der Waals surface area contributed by atoms with Crippen LogP contribution in [0.15, 0.2) is 36.5 Å². The summed E-state index contributed by atoms with van der Waals surface area (Å²) in [6, 6.07) is 7.55. The van der Waals surface area contributed by atoms with Gasteiger partial charge < -0.3 is 14.6 Å². The zero-order valence-electron chi connectivity index (χ0n) is 12.4. The molecule has 1 heterocycles. The fourth-order valence-electron chi connectivity index (χ4n) is 2.09. The average molecular weight is 317 g/mol. The van der Waals surface area contributed by atoms with Crippen molar-refractivity contribution >= 4 is 23.6 Å². The second-order valence-corrected chi connectivity index (χ2v) is 4.69. The minimum Gasteiger partial charge on any atom is -0.490 e. The molecular weight excluding hydrogens is 302 g/mol. The quantitative estimate of drug-likeness (QED) is 0.479. The summed E-state index contributed by atoms with van der Waals surface area (Å²) in [5, 5.41) is 13.5. The second-order valence-electron chi connectivity index (χ2n) is 4.69. The highest BCUT2D eigenvalue weighted by Gasteiger charge is 2.16. The van der Waals surface area contributed by atoms with E-state index in [0.717, 1.165) is 0 Å². The van der Waals surface area contributed by atoms with Gasteiger partial charge in [0.2, 0.25) is 5.91 Å². The van der Waals surface area contributed by atoms with Gasteiger partial charge in [-0.1, -0.05) is 0 Å². The van der Waals surface area contributed by atoms with Crippen molar-refractivity contribution < 1.29 is 19.2 Å². The Morgan fingerprint density at radius 1 is 1.43 bits per heavy atom. The maximum atomic E-state index is 11.9. The van der Waals surface area contributed by atoms with Gasteiger partial charge in [-0.15, -0.1) is 0 Å². The van der Waals surface area contributed by atoms with Crippen molar-refractivity contribution in [1.29, 1.82) is 0 Å². The summed E-state index contributed by atoms with van der Waals surface area (Å²) in [5.74, 6) is -0.189. The lowest BCUT2D eigenvalue weighted by Gasteiger charge is -2.08. The van der Waals surface area contributed by atoms with Gasteiger partial charge in [-0.25, -0.2) is 0 Å². The molecule has 0 aliphatic heterocycles. The summed E-state index contributed by atoms with van der Waals surface area (Å²) in [5.41, 5.74) is 0.572. The van der Waals surface area contributed by atoms with Crippen molar-refractivity contribution in [3.8, 4) is 5.75 Å². The predicted molar refractivity (Wildman–Crippen MR) is 82.7 cm³/mol. The Morgan fingerprint density at radius 3 is 2.87 bits per heavy atom. The van der Waals surface area contributed by atoms with Gasteiger partial charge in [-0.05, 0) is 24.3 Å². The number of aldehydes is 1. The second kappa shape index (κ2) is 7.21. The fraction of sp³-hybridized carbons (Fsp3) is 0.200. The zero-order valence-corrected chi connectivity index (χ0v) is 12.4. The highest BCUT2D eigenvalue weighted by molar-refractivity contribution is 5.91. The number of carbonyl (C=O) groups excluding carboxylic acids is 2. The SMILES string of the molecule is COc1ccc(NC(=O)CCn2cccc2C=O)cc1[N+](=O)[O-]. The molecular formula is C15H15N3O5. The Bertz CT molecular complexity index is 738. The van der Waals surface area contributed by atoms with Gasteiger partial charge in [0, 0.05) is 30.9 Å². The fourth-order valence-corrected chi connectivity index (χ4v) is 2.09. The third-order valence-corrected chi connectivity index (χ3v) is 3.22. The molecule has 0 atom stereocenters. The monoisotopic (exact) mass is 317 g/mol. The van der Waals surface area contributed by atoms with Gasteiger partial charge in [0.1, 0.15) is 0 Å². The van der Waals surface area contributed by atoms with E-state index in [4.69, 9.17) is 4.74 Å². The summed E-state index contributed by atoms with van der Waals surface area (Å²) < 4.78 is 6.55. The number of nitrogens with one attached hydrogen (secondary N) is 1. The average Bonchev–Trinajstić information content (AvgIpc) is 3.00. The number of benzene rings is 1. The Hall–Kier alpha value is -3.16. The summed E-state index contributed by atoms with van der Waals surface area (Å²) in [4.78, 5) is 33.1. The predicted octanol–water partition coefficient (Wildman–Crippen LogP) is 2.25. The molecule has 0 spiro atoms. The van der Waals surface area contributed by atoms with Gasteiger partial charge in [0.25, 0.3) is 0 Å². The van der Waals surface area contributed by atoms with Gasteiger partial charge in [0.05, 0.1) is 17.7 Å². The number of aryl methyl sites for hydroxylation is 1. The minimum atomic E-state index is -0.579. The molecule has 1 amide bonds. The molecule has 120 valence electrons. The number of nitro groups is 1. The number of ether oxygens (including phenoxy) is 1. The van der Waals surface area contributed by atoms with Crippen LogP contribution in [0.1, 0.15) is 16.9 Å². The number of hydrogen-bond donors (Lipinski definition) is 1. The van der Waals surface area contributed by atoms with E-state index in [1.54, 1.807) is 22.9 Å². The number of amides is 1. The maximum absolute atomic E-state index is 11.9. The Kier molecular flexibility index (Phi) is 5.08. The van der Waals surface area contributed by atoms with E-state index in [9.17, 15) is 19.7 Å². The smallest absolute Gasteiger partial charge is 0.312 e. The lowest BCUT2D eigenvalue weighted by Crippen LogP contribution is -2.15. The van der Waals surface area contributed by atoms with Crippen molar-refractivity contribution in [3.63, 3.8) is 0 Å². The Labute approximate surface area is 131 Å². The van der Waals surface area contributed by atoms with Crippen molar-refractivity contribution in [2.24, 2.45) is 0 Å². The summed E-state index contributed by atoms with van der Waals surface area (Å²) in [6.45, 7) is 0.338. The first kappa shape index (κ1) is 16.2. The van der Waals surface area contributed by atoms with Crippen LogP contribution in [0.5, 0.6) is 5.75 Å². The maximum Gasteiger partial charge on any atom is 0.312 e. The molecule has 1 aromatic carbocycles. The normalized spacial score (nSPS) is 10.1. The van der Waals surface area contributed by atoms with Crippen LogP contribution in [0.2, 0.25) is 0 Å². The van der Waals surface area contributed by atoms with Gasteiger partial charge in [-0.3, -0.25) is 19.7 Å². The number of rotatable bonds is 7. The molecule has 2 aromatic rings. The number of anilines is 1. The van der Waals surface area contributed by atoms with Crippen LogP contribution in [-0.4, -0.2) is 28.8 Å². The molecule has 0 aliphatic carbocycles. The molecule has 1 aromatic heterocycles. The topological polar surface area (TPSA) is 103 Å². The van der Waals surface area contributed by atoms with Crippen molar-refractivity contribution in [3.05, 3.63) is 52.3 Å². The van der Waals surface area contributed by atoms with Crippen LogP contribution >= 0.6 is 0 Å². The third-order valence-electron chi connectivity index (χ3n) is 3.22. The van der Waals surface area contributed by atoms with Crippen LogP contribution < -0.4 is 10.1 Å². The minimum absolute atomic E-state index is 0.121. The molecule has 0 saturated carbocycles. The molecule has 1 N–H and O–H groups in total.